The second-order valence-corrected chi connectivity index (χ2v) is 8.25. The molecule has 0 aliphatic rings. The fourth-order valence-electron chi connectivity index (χ4n) is 1.59. The molecule has 0 N–H and O–H groups in total. The molecule has 6 heteroatoms. The van der Waals surface area contributed by atoms with E-state index >= 15 is 0 Å². The molecule has 1 rings (SSSR count). The third-order valence-corrected chi connectivity index (χ3v) is 5.78. The Kier molecular flexibility index (Phi) is 7.52. The molecule has 0 unspecified atom stereocenters. The molecule has 0 aliphatic carbocycles. The van der Waals surface area contributed by atoms with E-state index in [4.69, 9.17) is 9.47 Å². The number of alkyl halides is 1. The van der Waals surface area contributed by atoms with E-state index in [0.717, 1.165) is 17.7 Å². The van der Waals surface area contributed by atoms with Crippen molar-refractivity contribution in [1.82, 2.24) is 0 Å². The lowest BCUT2D eigenvalue weighted by molar-refractivity contribution is 0.308. The molecule has 4 nitrogen and oxygen atoms in total. The molecular formula is C15H23BrO4S. The van der Waals surface area contributed by atoms with Crippen molar-refractivity contribution in [3.8, 4) is 11.5 Å². The van der Waals surface area contributed by atoms with Crippen molar-refractivity contribution in [2.24, 2.45) is 0 Å². The summed E-state index contributed by atoms with van der Waals surface area (Å²) >= 11 is 3.40. The summed E-state index contributed by atoms with van der Waals surface area (Å²) in [6.45, 7) is 6.20. The van der Waals surface area contributed by atoms with Gasteiger partial charge in [-0.1, -0.05) is 28.9 Å². The summed E-state index contributed by atoms with van der Waals surface area (Å²) in [5, 5.41) is 0.267. The summed E-state index contributed by atoms with van der Waals surface area (Å²) in [5.74, 6) is 1.43. The summed E-state index contributed by atoms with van der Waals surface area (Å²) in [5.41, 5.74) is 0.973. The van der Waals surface area contributed by atoms with Gasteiger partial charge in [-0.3, -0.25) is 0 Å². The predicted octanol–water partition coefficient (Wildman–Crippen LogP) is 3.57. The monoisotopic (exact) mass is 378 g/mol. The molecular weight excluding hydrogens is 356 g/mol. The number of ether oxygens (including phenoxy) is 2. The van der Waals surface area contributed by atoms with Gasteiger partial charge in [-0.25, -0.2) is 8.42 Å². The van der Waals surface area contributed by atoms with Crippen LogP contribution < -0.4 is 9.47 Å². The average Bonchev–Trinajstić information content (AvgIpc) is 2.45. The lowest BCUT2D eigenvalue weighted by atomic mass is 10.2. The van der Waals surface area contributed by atoms with Crippen LogP contribution in [0.2, 0.25) is 0 Å². The van der Waals surface area contributed by atoms with Crippen LogP contribution in [0.4, 0.5) is 0 Å². The lowest BCUT2D eigenvalue weighted by Crippen LogP contribution is -2.22. The Morgan fingerprint density at radius 2 is 1.90 bits per heavy atom. The zero-order valence-corrected chi connectivity index (χ0v) is 15.2. The molecule has 1 aromatic rings. The maximum Gasteiger partial charge on any atom is 0.155 e. The molecule has 0 bridgehead atoms. The maximum atomic E-state index is 11.8. The Morgan fingerprint density at radius 1 is 1.19 bits per heavy atom. The third-order valence-electron chi connectivity index (χ3n) is 3.00. The van der Waals surface area contributed by atoms with Gasteiger partial charge >= 0.3 is 0 Å². The van der Waals surface area contributed by atoms with Crippen LogP contribution in [-0.2, 0) is 15.2 Å². The molecule has 0 heterocycles. The Bertz CT molecular complexity index is 541. The third kappa shape index (κ3) is 5.87. The van der Waals surface area contributed by atoms with Crippen LogP contribution in [0.5, 0.6) is 11.5 Å². The van der Waals surface area contributed by atoms with Gasteiger partial charge in [0, 0.05) is 17.0 Å². The highest BCUT2D eigenvalue weighted by Crippen LogP contribution is 2.27. The molecule has 1 aromatic carbocycles. The zero-order valence-electron chi connectivity index (χ0n) is 12.8. The number of hydrogen-bond acceptors (Lipinski definition) is 4. The highest BCUT2D eigenvalue weighted by molar-refractivity contribution is 9.08. The van der Waals surface area contributed by atoms with E-state index in [0.29, 0.717) is 17.7 Å². The minimum Gasteiger partial charge on any atom is -0.493 e. The van der Waals surface area contributed by atoms with Gasteiger partial charge in [0.1, 0.15) is 18.1 Å². The van der Waals surface area contributed by atoms with Crippen LogP contribution >= 0.6 is 15.9 Å². The van der Waals surface area contributed by atoms with Crippen LogP contribution in [0.1, 0.15) is 32.8 Å². The second kappa shape index (κ2) is 8.63. The summed E-state index contributed by atoms with van der Waals surface area (Å²) in [4.78, 5) is 0. The van der Waals surface area contributed by atoms with Crippen molar-refractivity contribution in [3.05, 3.63) is 23.8 Å². The Morgan fingerprint density at radius 3 is 2.48 bits per heavy atom. The molecule has 0 aromatic heterocycles. The summed E-state index contributed by atoms with van der Waals surface area (Å²) in [7, 11) is -3.08. The number of benzene rings is 1. The van der Waals surface area contributed by atoms with Gasteiger partial charge in [-0.05, 0) is 26.3 Å². The van der Waals surface area contributed by atoms with Crippen LogP contribution in [0.3, 0.4) is 0 Å². The van der Waals surface area contributed by atoms with E-state index in [1.165, 1.54) is 0 Å². The Balaban J connectivity index is 2.72. The van der Waals surface area contributed by atoms with Crippen LogP contribution in [0.25, 0.3) is 0 Å². The smallest absolute Gasteiger partial charge is 0.155 e. The quantitative estimate of drug-likeness (QED) is 0.616. The van der Waals surface area contributed by atoms with Gasteiger partial charge in [0.05, 0.1) is 17.6 Å². The normalized spacial score (nSPS) is 11.7. The van der Waals surface area contributed by atoms with Crippen LogP contribution in [0, 0.1) is 0 Å². The van der Waals surface area contributed by atoms with Crippen molar-refractivity contribution in [2.75, 3.05) is 19.0 Å². The molecule has 0 radical (unpaired) electrons. The molecule has 0 amide bonds. The van der Waals surface area contributed by atoms with Crippen molar-refractivity contribution in [2.45, 2.75) is 37.8 Å². The van der Waals surface area contributed by atoms with Gasteiger partial charge in [-0.2, -0.15) is 0 Å². The van der Waals surface area contributed by atoms with Gasteiger partial charge in [0.2, 0.25) is 0 Å². The van der Waals surface area contributed by atoms with Crippen molar-refractivity contribution in [1.29, 1.82) is 0 Å². The van der Waals surface area contributed by atoms with E-state index in [1.54, 1.807) is 13.8 Å². The molecule has 0 fully saturated rings. The van der Waals surface area contributed by atoms with Crippen molar-refractivity contribution >= 4 is 25.8 Å². The van der Waals surface area contributed by atoms with Gasteiger partial charge in [-0.15, -0.1) is 0 Å². The number of rotatable bonds is 9. The summed E-state index contributed by atoms with van der Waals surface area (Å²) < 4.78 is 34.8. The first-order valence-corrected chi connectivity index (χ1v) is 9.90. The lowest BCUT2D eigenvalue weighted by Gasteiger charge is -2.13. The standard InChI is InChI=1S/C15H23BrO4S/c1-4-7-19-14-6-5-13(11-16)15(10-14)20-8-9-21(17,18)12(2)3/h5-6,10,12H,4,7-9,11H2,1-3H3. The van der Waals surface area contributed by atoms with Gasteiger partial charge in [0.15, 0.2) is 9.84 Å². The molecule has 21 heavy (non-hydrogen) atoms. The summed E-state index contributed by atoms with van der Waals surface area (Å²) in [6, 6.07) is 5.63. The van der Waals surface area contributed by atoms with E-state index in [2.05, 4.69) is 15.9 Å². The molecule has 120 valence electrons. The SMILES string of the molecule is CCCOc1ccc(CBr)c(OCCS(=O)(=O)C(C)C)c1. The first-order chi connectivity index (χ1) is 9.90. The fourth-order valence-corrected chi connectivity index (χ4v) is 2.84. The first-order valence-electron chi connectivity index (χ1n) is 7.06. The topological polar surface area (TPSA) is 52.6 Å². The van der Waals surface area contributed by atoms with Crippen LogP contribution in [-0.4, -0.2) is 32.6 Å². The highest BCUT2D eigenvalue weighted by atomic mass is 79.9. The number of halogens is 1. The van der Waals surface area contributed by atoms with E-state index in [9.17, 15) is 8.42 Å². The molecule has 0 saturated carbocycles. The number of hydrogen-bond donors (Lipinski definition) is 0. The average molecular weight is 379 g/mol. The predicted molar refractivity (Wildman–Crippen MR) is 89.3 cm³/mol. The molecule has 0 atom stereocenters. The van der Waals surface area contributed by atoms with Gasteiger partial charge in [0.25, 0.3) is 0 Å². The van der Waals surface area contributed by atoms with Crippen molar-refractivity contribution < 1.29 is 17.9 Å². The maximum absolute atomic E-state index is 11.8. The number of sulfone groups is 1. The van der Waals surface area contributed by atoms with E-state index in [-0.39, 0.29) is 17.6 Å². The van der Waals surface area contributed by atoms with Gasteiger partial charge < -0.3 is 9.47 Å². The minimum absolute atomic E-state index is 0.0203. The minimum atomic E-state index is -3.08. The second-order valence-electron chi connectivity index (χ2n) is 5.02. The summed E-state index contributed by atoms with van der Waals surface area (Å²) in [6.07, 6.45) is 0.934. The molecule has 0 spiro atoms. The first kappa shape index (κ1) is 18.3. The largest absolute Gasteiger partial charge is 0.493 e. The molecule has 0 saturated heterocycles. The highest BCUT2D eigenvalue weighted by Gasteiger charge is 2.16. The molecule has 0 aliphatic heterocycles. The van der Waals surface area contributed by atoms with Crippen LogP contribution in [0.15, 0.2) is 18.2 Å². The zero-order chi connectivity index (χ0) is 15.9. The van der Waals surface area contributed by atoms with E-state index < -0.39 is 9.84 Å². The van der Waals surface area contributed by atoms with E-state index in [1.807, 2.05) is 25.1 Å². The Hall–Kier alpha value is -0.750. The van der Waals surface area contributed by atoms with Crippen molar-refractivity contribution in [3.63, 3.8) is 0 Å². The fraction of sp³-hybridized carbons (Fsp3) is 0.600. The Labute approximate surface area is 135 Å².